The number of rotatable bonds is 9. The molecule has 0 aliphatic carbocycles. The van der Waals surface area contributed by atoms with Gasteiger partial charge in [-0.3, -0.25) is 4.79 Å². The van der Waals surface area contributed by atoms with Crippen molar-refractivity contribution in [2.45, 2.75) is 32.1 Å². The van der Waals surface area contributed by atoms with Crippen molar-refractivity contribution in [3.8, 4) is 5.75 Å². The normalized spacial score (nSPS) is 11.9. The Kier molecular flexibility index (Phi) is 6.90. The Morgan fingerprint density at radius 2 is 1.84 bits per heavy atom. The summed E-state index contributed by atoms with van der Waals surface area (Å²) < 4.78 is 5.46. The van der Waals surface area contributed by atoms with Crippen molar-refractivity contribution in [3.63, 3.8) is 0 Å². The van der Waals surface area contributed by atoms with Gasteiger partial charge in [0.2, 0.25) is 5.91 Å². The number of amides is 1. The molecular formula is C28H30N2O2. The maximum absolute atomic E-state index is 13.0. The predicted molar refractivity (Wildman–Crippen MR) is 130 cm³/mol. The molecule has 0 radical (unpaired) electrons. The average Bonchev–Trinajstić information content (AvgIpc) is 3.27. The van der Waals surface area contributed by atoms with Crippen molar-refractivity contribution >= 4 is 16.8 Å². The molecule has 0 saturated carbocycles. The lowest BCUT2D eigenvalue weighted by atomic mass is 9.87. The topological polar surface area (TPSA) is 54.1 Å². The summed E-state index contributed by atoms with van der Waals surface area (Å²) in [6.07, 6.45) is 4.22. The molecule has 32 heavy (non-hydrogen) atoms. The van der Waals surface area contributed by atoms with Gasteiger partial charge in [-0.1, -0.05) is 67.6 Å². The Labute approximate surface area is 189 Å². The molecule has 1 heterocycles. The lowest BCUT2D eigenvalue weighted by Gasteiger charge is -2.18. The Morgan fingerprint density at radius 1 is 1.03 bits per heavy atom. The van der Waals surface area contributed by atoms with Crippen molar-refractivity contribution in [3.05, 3.63) is 101 Å². The number of benzene rings is 3. The molecule has 1 amide bonds. The Balaban J connectivity index is 1.59. The fourth-order valence-corrected chi connectivity index (χ4v) is 4.34. The van der Waals surface area contributed by atoms with Crippen molar-refractivity contribution in [1.82, 2.24) is 10.3 Å². The number of carbonyl (C=O) groups excluding carboxylic acids is 1. The van der Waals surface area contributed by atoms with Crippen molar-refractivity contribution in [1.29, 1.82) is 0 Å². The third kappa shape index (κ3) is 4.86. The fraction of sp³-hybridized carbons (Fsp3) is 0.250. The zero-order valence-electron chi connectivity index (χ0n) is 18.7. The van der Waals surface area contributed by atoms with E-state index in [1.807, 2.05) is 36.4 Å². The highest BCUT2D eigenvalue weighted by molar-refractivity contribution is 5.88. The van der Waals surface area contributed by atoms with Crippen LogP contribution in [0.25, 0.3) is 10.9 Å². The number of aryl methyl sites for hydroxylation is 1. The summed E-state index contributed by atoms with van der Waals surface area (Å²) in [6, 6.07) is 24.6. The van der Waals surface area contributed by atoms with Crippen molar-refractivity contribution in [2.75, 3.05) is 13.7 Å². The lowest BCUT2D eigenvalue weighted by Crippen LogP contribution is -2.27. The van der Waals surface area contributed by atoms with Gasteiger partial charge in [-0.15, -0.1) is 0 Å². The van der Waals surface area contributed by atoms with Gasteiger partial charge in [0, 0.05) is 36.0 Å². The van der Waals surface area contributed by atoms with Gasteiger partial charge in [-0.05, 0) is 47.2 Å². The molecule has 0 fully saturated rings. The van der Waals surface area contributed by atoms with Crippen LogP contribution in [0.15, 0.2) is 79.0 Å². The highest BCUT2D eigenvalue weighted by Crippen LogP contribution is 2.35. The smallest absolute Gasteiger partial charge is 0.220 e. The van der Waals surface area contributed by atoms with Crippen LogP contribution in [-0.4, -0.2) is 24.5 Å². The highest BCUT2D eigenvalue weighted by atomic mass is 16.5. The number of aromatic nitrogens is 1. The summed E-state index contributed by atoms with van der Waals surface area (Å²) in [6.45, 7) is 2.79. The Hall–Kier alpha value is -3.53. The van der Waals surface area contributed by atoms with Crippen LogP contribution in [-0.2, 0) is 17.6 Å². The average molecular weight is 427 g/mol. The van der Waals surface area contributed by atoms with Gasteiger partial charge < -0.3 is 15.0 Å². The number of hydrogen-bond donors (Lipinski definition) is 2. The van der Waals surface area contributed by atoms with E-state index >= 15 is 0 Å². The van der Waals surface area contributed by atoms with Crippen LogP contribution in [0, 0.1) is 0 Å². The van der Waals surface area contributed by atoms with Gasteiger partial charge in [-0.25, -0.2) is 0 Å². The number of aromatic amines is 1. The first-order chi connectivity index (χ1) is 15.7. The molecule has 1 aromatic heterocycles. The standard InChI is InChI=1S/C28H30N2O2/c1-3-21-11-8-14-24-26(19-30-28(21)24)25(22-12-7-13-23(17-22)32-2)18-27(31)29-16-15-20-9-5-4-6-10-20/h4-14,17,19,25,30H,3,15-16,18H2,1-2H3,(H,29,31). The number of hydrogen-bond acceptors (Lipinski definition) is 2. The van der Waals surface area contributed by atoms with Gasteiger partial charge in [0.05, 0.1) is 7.11 Å². The molecular weight excluding hydrogens is 396 g/mol. The molecule has 4 rings (SSSR count). The zero-order valence-corrected chi connectivity index (χ0v) is 18.7. The molecule has 0 bridgehead atoms. The zero-order chi connectivity index (χ0) is 22.3. The van der Waals surface area contributed by atoms with Gasteiger partial charge in [0.1, 0.15) is 5.75 Å². The SMILES string of the molecule is CCc1cccc2c(C(CC(=O)NCCc3ccccc3)c3cccc(OC)c3)c[nH]c12. The van der Waals surface area contributed by atoms with E-state index in [1.54, 1.807) is 7.11 Å². The number of methoxy groups -OCH3 is 1. The number of nitrogens with one attached hydrogen (secondary N) is 2. The largest absolute Gasteiger partial charge is 0.497 e. The minimum Gasteiger partial charge on any atom is -0.497 e. The van der Waals surface area contributed by atoms with Crippen LogP contribution in [0.2, 0.25) is 0 Å². The molecule has 4 aromatic rings. The van der Waals surface area contributed by atoms with E-state index in [1.165, 1.54) is 16.5 Å². The molecule has 4 heteroatoms. The third-order valence-electron chi connectivity index (χ3n) is 6.05. The van der Waals surface area contributed by atoms with Crippen molar-refractivity contribution < 1.29 is 9.53 Å². The molecule has 0 aliphatic rings. The highest BCUT2D eigenvalue weighted by Gasteiger charge is 2.22. The molecule has 1 atom stereocenters. The third-order valence-corrected chi connectivity index (χ3v) is 6.05. The molecule has 2 N–H and O–H groups in total. The Bertz CT molecular complexity index is 1180. The van der Waals surface area contributed by atoms with E-state index in [-0.39, 0.29) is 11.8 Å². The van der Waals surface area contributed by atoms with Crippen LogP contribution in [0.5, 0.6) is 5.75 Å². The molecule has 0 saturated heterocycles. The molecule has 4 nitrogen and oxygen atoms in total. The minimum atomic E-state index is -0.0670. The number of H-pyrrole nitrogens is 1. The van der Waals surface area contributed by atoms with E-state index in [0.29, 0.717) is 13.0 Å². The Morgan fingerprint density at radius 3 is 2.62 bits per heavy atom. The maximum atomic E-state index is 13.0. The monoisotopic (exact) mass is 426 g/mol. The predicted octanol–water partition coefficient (Wildman–Crippen LogP) is 5.62. The van der Waals surface area contributed by atoms with Gasteiger partial charge >= 0.3 is 0 Å². The first kappa shape index (κ1) is 21.7. The van der Waals surface area contributed by atoms with Crippen LogP contribution >= 0.6 is 0 Å². The van der Waals surface area contributed by atoms with E-state index < -0.39 is 0 Å². The second-order valence-corrected chi connectivity index (χ2v) is 8.06. The van der Waals surface area contributed by atoms with E-state index in [4.69, 9.17) is 4.74 Å². The van der Waals surface area contributed by atoms with Crippen LogP contribution in [0.3, 0.4) is 0 Å². The van der Waals surface area contributed by atoms with Gasteiger partial charge in [-0.2, -0.15) is 0 Å². The summed E-state index contributed by atoms with van der Waals surface area (Å²) in [5.74, 6) is 0.781. The second kappa shape index (κ2) is 10.2. The van der Waals surface area contributed by atoms with Crippen LogP contribution < -0.4 is 10.1 Å². The first-order valence-corrected chi connectivity index (χ1v) is 11.2. The van der Waals surface area contributed by atoms with E-state index in [0.717, 1.165) is 35.2 Å². The molecule has 0 aliphatic heterocycles. The number of fused-ring (bicyclic) bond motifs is 1. The van der Waals surface area contributed by atoms with Crippen LogP contribution in [0.4, 0.5) is 0 Å². The summed E-state index contributed by atoms with van der Waals surface area (Å²) in [5, 5.41) is 4.29. The molecule has 3 aromatic carbocycles. The fourth-order valence-electron chi connectivity index (χ4n) is 4.34. The summed E-state index contributed by atoms with van der Waals surface area (Å²) in [4.78, 5) is 16.4. The maximum Gasteiger partial charge on any atom is 0.220 e. The first-order valence-electron chi connectivity index (χ1n) is 11.2. The van der Waals surface area contributed by atoms with Gasteiger partial charge in [0.15, 0.2) is 0 Å². The summed E-state index contributed by atoms with van der Waals surface area (Å²) in [5.41, 5.74) is 5.88. The molecule has 0 spiro atoms. The molecule has 164 valence electrons. The van der Waals surface area contributed by atoms with Crippen molar-refractivity contribution in [2.24, 2.45) is 0 Å². The number of para-hydroxylation sites is 1. The molecule has 1 unspecified atom stereocenters. The number of ether oxygens (including phenoxy) is 1. The second-order valence-electron chi connectivity index (χ2n) is 8.06. The number of carbonyl (C=O) groups is 1. The summed E-state index contributed by atoms with van der Waals surface area (Å²) >= 11 is 0. The van der Waals surface area contributed by atoms with Gasteiger partial charge in [0.25, 0.3) is 0 Å². The minimum absolute atomic E-state index is 0.0507. The van der Waals surface area contributed by atoms with E-state index in [2.05, 4.69) is 59.8 Å². The lowest BCUT2D eigenvalue weighted by molar-refractivity contribution is -0.121. The quantitative estimate of drug-likeness (QED) is 0.365. The summed E-state index contributed by atoms with van der Waals surface area (Å²) in [7, 11) is 1.67. The van der Waals surface area contributed by atoms with Crippen LogP contribution in [0.1, 0.15) is 41.5 Å². The van der Waals surface area contributed by atoms with E-state index in [9.17, 15) is 4.79 Å².